The number of hydrogen-bond donors (Lipinski definition) is 3. The minimum Gasteiger partial charge on any atom is -0.348 e. The van der Waals surface area contributed by atoms with Crippen molar-refractivity contribution >= 4 is 50.9 Å². The largest absolute Gasteiger partial charge is 0.400 e. The first-order valence-corrected chi connectivity index (χ1v) is 10.8. The Morgan fingerprint density at radius 3 is 2.64 bits per heavy atom. The van der Waals surface area contributed by atoms with E-state index in [4.69, 9.17) is 9.79 Å². The van der Waals surface area contributed by atoms with Gasteiger partial charge in [-0.2, -0.15) is 8.78 Å². The molecule has 0 saturated heterocycles. The number of pyridine rings is 1. The third-order valence-corrected chi connectivity index (χ3v) is 7.18. The van der Waals surface area contributed by atoms with Gasteiger partial charge in [0.15, 0.2) is 0 Å². The lowest BCUT2D eigenvalue weighted by molar-refractivity contribution is 0.0595. The number of halogens is 4. The topological polar surface area (TPSA) is 99.5 Å². The van der Waals surface area contributed by atoms with Gasteiger partial charge in [-0.1, -0.05) is 0 Å². The van der Waals surface area contributed by atoms with Crippen molar-refractivity contribution in [3.8, 4) is 0 Å². The first-order valence-electron chi connectivity index (χ1n) is 7.54. The molecule has 1 aromatic carbocycles. The third-order valence-electron chi connectivity index (χ3n) is 3.74. The molecule has 0 bridgehead atoms. The van der Waals surface area contributed by atoms with Crippen LogP contribution >= 0.6 is 34.9 Å². The molecule has 0 aliphatic rings. The molecule has 0 aliphatic carbocycles. The number of alkyl halides is 2. The third kappa shape index (κ3) is 3.99. The number of benzene rings is 1. The van der Waals surface area contributed by atoms with Gasteiger partial charge in [-0.05, 0) is 45.8 Å². The van der Waals surface area contributed by atoms with Crippen molar-refractivity contribution in [1.29, 1.82) is 0 Å². The fourth-order valence-electron chi connectivity index (χ4n) is 2.37. The first-order chi connectivity index (χ1) is 13.0. The lowest BCUT2D eigenvalue weighted by atomic mass is 10.1. The highest BCUT2D eigenvalue weighted by Crippen LogP contribution is 2.62. The van der Waals surface area contributed by atoms with E-state index in [1.165, 1.54) is 30.5 Å². The van der Waals surface area contributed by atoms with Crippen LogP contribution in [0.2, 0.25) is 0 Å². The van der Waals surface area contributed by atoms with Crippen LogP contribution in [-0.4, -0.2) is 20.7 Å². The second-order valence-corrected chi connectivity index (χ2v) is 9.23. The number of thiophene rings is 1. The maximum absolute atomic E-state index is 14.1. The number of rotatable bonds is 5. The van der Waals surface area contributed by atoms with Gasteiger partial charge >= 0.3 is 13.3 Å². The molecule has 0 radical (unpaired) electrons. The van der Waals surface area contributed by atoms with Crippen molar-refractivity contribution in [1.82, 2.24) is 10.3 Å². The molecule has 3 N–H and O–H groups in total. The fraction of sp³-hybridized carbons (Fsp3) is 0.125. The van der Waals surface area contributed by atoms with Crippen LogP contribution in [0.5, 0.6) is 0 Å². The molecule has 3 aromatic rings. The van der Waals surface area contributed by atoms with E-state index in [1.54, 1.807) is 0 Å². The molecule has 0 saturated carbocycles. The zero-order valence-corrected chi connectivity index (χ0v) is 17.0. The lowest BCUT2D eigenvalue weighted by Gasteiger charge is -2.16. The Kier molecular flexibility index (Phi) is 5.66. The number of nitrogens with zero attached hydrogens (tertiary/aromatic N) is 1. The van der Waals surface area contributed by atoms with Crippen LogP contribution in [0.15, 0.2) is 41.1 Å². The van der Waals surface area contributed by atoms with E-state index in [0.29, 0.717) is 21.6 Å². The van der Waals surface area contributed by atoms with Crippen molar-refractivity contribution in [2.45, 2.75) is 12.2 Å². The molecule has 3 rings (SSSR count). The van der Waals surface area contributed by atoms with E-state index < -0.39 is 29.9 Å². The van der Waals surface area contributed by atoms with Gasteiger partial charge in [-0.3, -0.25) is 14.3 Å². The van der Waals surface area contributed by atoms with Crippen LogP contribution in [0, 0.1) is 5.82 Å². The quantitative estimate of drug-likeness (QED) is 0.457. The number of fused-ring (bicyclic) bond motifs is 1. The summed E-state index contributed by atoms with van der Waals surface area (Å²) in [5, 5.41) is 2.77. The first kappa shape index (κ1) is 20.9. The second-order valence-electron chi connectivity index (χ2n) is 5.74. The van der Waals surface area contributed by atoms with E-state index in [9.17, 15) is 22.5 Å². The number of carbonyl (C=O) groups is 1. The van der Waals surface area contributed by atoms with Gasteiger partial charge in [-0.15, -0.1) is 11.3 Å². The summed E-state index contributed by atoms with van der Waals surface area (Å²) in [7, 11) is -5.72. The summed E-state index contributed by atoms with van der Waals surface area (Å²) < 4.78 is 52.5. The van der Waals surface area contributed by atoms with Crippen LogP contribution in [0.4, 0.5) is 13.2 Å². The van der Waals surface area contributed by atoms with Gasteiger partial charge in [0.2, 0.25) is 0 Å². The Morgan fingerprint density at radius 1 is 1.29 bits per heavy atom. The predicted octanol–water partition coefficient (Wildman–Crippen LogP) is 4.35. The molecular weight excluding hydrogens is 484 g/mol. The molecular formula is C16H11BrF3N2O4PS. The number of aromatic nitrogens is 1. The molecule has 1 amide bonds. The van der Waals surface area contributed by atoms with E-state index in [0.717, 1.165) is 6.20 Å². The van der Waals surface area contributed by atoms with Crippen molar-refractivity contribution in [2.75, 3.05) is 0 Å². The van der Waals surface area contributed by atoms with Crippen molar-refractivity contribution in [2.24, 2.45) is 0 Å². The smallest absolute Gasteiger partial charge is 0.348 e. The van der Waals surface area contributed by atoms with Crippen LogP contribution in [0.25, 0.3) is 10.1 Å². The summed E-state index contributed by atoms with van der Waals surface area (Å²) in [4.78, 5) is 33.0. The maximum atomic E-state index is 14.1. The highest BCUT2D eigenvalue weighted by Gasteiger charge is 2.53. The Bertz CT molecular complexity index is 1120. The molecule has 0 unspecified atom stereocenters. The van der Waals surface area contributed by atoms with E-state index >= 15 is 0 Å². The van der Waals surface area contributed by atoms with Gasteiger partial charge in [0.25, 0.3) is 5.91 Å². The molecule has 148 valence electrons. The summed E-state index contributed by atoms with van der Waals surface area (Å²) in [5.74, 6) is -1.08. The van der Waals surface area contributed by atoms with Gasteiger partial charge < -0.3 is 15.1 Å². The second kappa shape index (κ2) is 7.57. The molecule has 12 heteroatoms. The summed E-state index contributed by atoms with van der Waals surface area (Å²) in [5.41, 5.74) is -3.78. The summed E-state index contributed by atoms with van der Waals surface area (Å²) >= 11 is 3.47. The van der Waals surface area contributed by atoms with E-state index in [-0.39, 0.29) is 22.0 Å². The number of hydrogen-bond acceptors (Lipinski definition) is 4. The predicted molar refractivity (Wildman–Crippen MR) is 101 cm³/mol. The lowest BCUT2D eigenvalue weighted by Crippen LogP contribution is -2.22. The zero-order chi connectivity index (χ0) is 20.7. The zero-order valence-electron chi connectivity index (χ0n) is 13.7. The van der Waals surface area contributed by atoms with E-state index in [1.807, 2.05) is 0 Å². The molecule has 28 heavy (non-hydrogen) atoms. The van der Waals surface area contributed by atoms with Gasteiger partial charge in [0.1, 0.15) is 10.7 Å². The van der Waals surface area contributed by atoms with Gasteiger partial charge in [0.05, 0.1) is 6.20 Å². The Hall–Kier alpha value is -1.78. The fourth-order valence-corrected chi connectivity index (χ4v) is 5.30. The molecule has 2 heterocycles. The summed E-state index contributed by atoms with van der Waals surface area (Å²) in [6.45, 7) is 0.00790. The van der Waals surface area contributed by atoms with Crippen molar-refractivity contribution in [3.63, 3.8) is 0 Å². The average Bonchev–Trinajstić information content (AvgIpc) is 2.95. The van der Waals surface area contributed by atoms with Crippen LogP contribution in [0.3, 0.4) is 0 Å². The Balaban J connectivity index is 1.89. The summed E-state index contributed by atoms with van der Waals surface area (Å²) in [6.07, 6.45) is 2.41. The van der Waals surface area contributed by atoms with Crippen LogP contribution in [-0.2, 0) is 16.8 Å². The number of amides is 1. The van der Waals surface area contributed by atoms with E-state index in [2.05, 4.69) is 26.2 Å². The number of nitrogens with one attached hydrogen (secondary N) is 1. The van der Waals surface area contributed by atoms with Crippen molar-refractivity contribution < 1.29 is 32.3 Å². The Labute approximate surface area is 168 Å². The molecule has 0 atom stereocenters. The van der Waals surface area contributed by atoms with Gasteiger partial charge in [-0.25, -0.2) is 4.39 Å². The molecule has 0 spiro atoms. The highest BCUT2D eigenvalue weighted by molar-refractivity contribution is 9.10. The molecule has 6 nitrogen and oxygen atoms in total. The molecule has 2 aromatic heterocycles. The summed E-state index contributed by atoms with van der Waals surface area (Å²) in [6, 6.07) is 5.34. The minimum atomic E-state index is -5.72. The van der Waals surface area contributed by atoms with Gasteiger partial charge in [0, 0.05) is 32.9 Å². The van der Waals surface area contributed by atoms with Crippen molar-refractivity contribution in [3.05, 3.63) is 63.0 Å². The van der Waals surface area contributed by atoms with Crippen LogP contribution in [0.1, 0.15) is 20.8 Å². The number of carbonyl (C=O) groups excluding carboxylic acids is 1. The standard InChI is InChI=1S/C16H11BrF3N2O4PS/c17-13-11-4-9(15(23)22-6-8-3-10(18)7-21-5-8)1-2-12(11)28-14(13)16(19,20)27(24,25)26/h1-5,7H,6H2,(H,22,23)(H2,24,25,26). The Morgan fingerprint density at radius 2 is 2.00 bits per heavy atom. The SMILES string of the molecule is O=C(NCc1cncc(F)c1)c1ccc2sc(C(F)(F)P(=O)(O)O)c(Br)c2c1. The highest BCUT2D eigenvalue weighted by atomic mass is 79.9. The van der Waals surface area contributed by atoms with Crippen LogP contribution < -0.4 is 5.32 Å². The average molecular weight is 495 g/mol. The molecule has 0 aliphatic heterocycles. The maximum Gasteiger partial charge on any atom is 0.400 e. The normalized spacial score (nSPS) is 12.4. The minimum absolute atomic E-state index is 0.00790. The monoisotopic (exact) mass is 494 g/mol. The molecule has 0 fully saturated rings.